The zero-order chi connectivity index (χ0) is 14.0. The van der Waals surface area contributed by atoms with Crippen LogP contribution in [0, 0.1) is 0 Å². The number of aliphatic hydroxyl groups is 1. The normalized spacial score (nSPS) is 13.9. The van der Waals surface area contributed by atoms with Gasteiger partial charge in [-0.1, -0.05) is 54.1 Å². The van der Waals surface area contributed by atoms with Crippen LogP contribution in [0.25, 0.3) is 0 Å². The number of benzene rings is 2. The lowest BCUT2D eigenvalue weighted by Gasteiger charge is -2.27. The first-order chi connectivity index (χ1) is 9.71. The van der Waals surface area contributed by atoms with Gasteiger partial charge in [0.05, 0.1) is 0 Å². The van der Waals surface area contributed by atoms with Crippen molar-refractivity contribution in [2.24, 2.45) is 0 Å². The van der Waals surface area contributed by atoms with Crippen LogP contribution in [0.2, 0.25) is 5.02 Å². The van der Waals surface area contributed by atoms with E-state index in [1.54, 1.807) is 36.7 Å². The molecule has 2 aromatic carbocycles. The summed E-state index contributed by atoms with van der Waals surface area (Å²) in [6.45, 7) is 0. The molecule has 3 rings (SSSR count). The van der Waals surface area contributed by atoms with Crippen LogP contribution >= 0.6 is 11.6 Å². The van der Waals surface area contributed by atoms with Gasteiger partial charge in [-0.15, -0.1) is 0 Å². The van der Waals surface area contributed by atoms with E-state index in [1.807, 2.05) is 30.3 Å². The molecule has 4 heteroatoms. The van der Waals surface area contributed by atoms with E-state index in [0.29, 0.717) is 16.4 Å². The van der Waals surface area contributed by atoms with Gasteiger partial charge in [0.15, 0.2) is 5.60 Å². The lowest BCUT2D eigenvalue weighted by Crippen LogP contribution is -2.30. The summed E-state index contributed by atoms with van der Waals surface area (Å²) in [5.74, 6) is 0.478. The number of aromatic nitrogens is 2. The van der Waals surface area contributed by atoms with Gasteiger partial charge in [0, 0.05) is 17.4 Å². The number of rotatable bonds is 3. The number of hydrogen-bond donors (Lipinski definition) is 2. The SMILES string of the molecule is OC(c1ccccc1)(c1ccc(Cl)cc1)c1ncc[nH]1. The second kappa shape index (κ2) is 5.12. The van der Waals surface area contributed by atoms with Gasteiger partial charge >= 0.3 is 0 Å². The fourth-order valence-corrected chi connectivity index (χ4v) is 2.40. The highest BCUT2D eigenvalue weighted by atomic mass is 35.5. The summed E-state index contributed by atoms with van der Waals surface area (Å²) in [5.41, 5.74) is 0.135. The molecule has 100 valence electrons. The molecule has 0 radical (unpaired) electrons. The first-order valence-corrected chi connectivity index (χ1v) is 6.63. The van der Waals surface area contributed by atoms with Crippen molar-refractivity contribution in [1.29, 1.82) is 0 Å². The first kappa shape index (κ1) is 12.9. The second-order valence-electron chi connectivity index (χ2n) is 4.52. The minimum Gasteiger partial charge on any atom is -0.373 e. The molecule has 1 heterocycles. The van der Waals surface area contributed by atoms with Crippen molar-refractivity contribution in [3.8, 4) is 0 Å². The molecule has 0 aliphatic heterocycles. The van der Waals surface area contributed by atoms with E-state index in [9.17, 15) is 5.11 Å². The summed E-state index contributed by atoms with van der Waals surface area (Å²) in [7, 11) is 0. The number of H-pyrrole nitrogens is 1. The van der Waals surface area contributed by atoms with Gasteiger partial charge < -0.3 is 10.1 Å². The molecule has 0 spiro atoms. The minimum absolute atomic E-state index is 0.478. The van der Waals surface area contributed by atoms with E-state index in [1.165, 1.54) is 0 Å². The lowest BCUT2D eigenvalue weighted by molar-refractivity contribution is 0.116. The Labute approximate surface area is 121 Å². The van der Waals surface area contributed by atoms with Crippen LogP contribution in [0.15, 0.2) is 67.0 Å². The van der Waals surface area contributed by atoms with Crippen molar-refractivity contribution >= 4 is 11.6 Å². The van der Waals surface area contributed by atoms with Crippen molar-refractivity contribution in [2.45, 2.75) is 5.60 Å². The van der Waals surface area contributed by atoms with Crippen LogP contribution in [0.3, 0.4) is 0 Å². The van der Waals surface area contributed by atoms with E-state index in [0.717, 1.165) is 5.56 Å². The summed E-state index contributed by atoms with van der Waals surface area (Å²) < 4.78 is 0. The molecular weight excluding hydrogens is 272 g/mol. The molecule has 3 nitrogen and oxygen atoms in total. The monoisotopic (exact) mass is 284 g/mol. The Morgan fingerprint density at radius 1 is 0.950 bits per heavy atom. The van der Waals surface area contributed by atoms with Gasteiger partial charge in [-0.2, -0.15) is 0 Å². The summed E-state index contributed by atoms with van der Waals surface area (Å²) in [6, 6.07) is 16.6. The van der Waals surface area contributed by atoms with Gasteiger partial charge in [-0.25, -0.2) is 4.98 Å². The van der Waals surface area contributed by atoms with Crippen LogP contribution in [-0.2, 0) is 5.60 Å². The first-order valence-electron chi connectivity index (χ1n) is 6.25. The molecule has 0 fully saturated rings. The van der Waals surface area contributed by atoms with Crippen molar-refractivity contribution in [2.75, 3.05) is 0 Å². The predicted octanol–water partition coefficient (Wildman–Crippen LogP) is 3.35. The quantitative estimate of drug-likeness (QED) is 0.775. The lowest BCUT2D eigenvalue weighted by atomic mass is 9.85. The molecular formula is C16H13ClN2O. The highest BCUT2D eigenvalue weighted by Crippen LogP contribution is 2.34. The Hall–Kier alpha value is -2.10. The van der Waals surface area contributed by atoms with Crippen molar-refractivity contribution in [1.82, 2.24) is 9.97 Å². The number of hydrogen-bond acceptors (Lipinski definition) is 2. The molecule has 0 saturated carbocycles. The third kappa shape index (κ3) is 2.11. The van der Waals surface area contributed by atoms with Gasteiger partial charge in [0.2, 0.25) is 0 Å². The molecule has 2 N–H and O–H groups in total. The Kier molecular flexibility index (Phi) is 3.30. The van der Waals surface area contributed by atoms with E-state index >= 15 is 0 Å². The fourth-order valence-electron chi connectivity index (χ4n) is 2.27. The van der Waals surface area contributed by atoms with Crippen molar-refractivity contribution in [3.05, 3.63) is 89.0 Å². The summed E-state index contributed by atoms with van der Waals surface area (Å²) in [4.78, 5) is 7.22. The Balaban J connectivity index is 2.21. The molecule has 0 aliphatic carbocycles. The van der Waals surface area contributed by atoms with Gasteiger partial charge in [0.25, 0.3) is 0 Å². The third-order valence-corrected chi connectivity index (χ3v) is 3.55. The summed E-state index contributed by atoms with van der Waals surface area (Å²) in [6.07, 6.45) is 3.32. The van der Waals surface area contributed by atoms with E-state index in [4.69, 9.17) is 11.6 Å². The molecule has 1 aromatic heterocycles. The van der Waals surface area contributed by atoms with Gasteiger partial charge in [-0.05, 0) is 23.3 Å². The Morgan fingerprint density at radius 2 is 1.60 bits per heavy atom. The zero-order valence-electron chi connectivity index (χ0n) is 10.6. The van der Waals surface area contributed by atoms with Crippen molar-refractivity contribution < 1.29 is 5.11 Å². The maximum Gasteiger partial charge on any atom is 0.172 e. The van der Waals surface area contributed by atoms with E-state index in [-0.39, 0.29) is 0 Å². The number of nitrogens with zero attached hydrogens (tertiary/aromatic N) is 1. The van der Waals surface area contributed by atoms with Crippen molar-refractivity contribution in [3.63, 3.8) is 0 Å². The molecule has 0 amide bonds. The fraction of sp³-hybridized carbons (Fsp3) is 0.0625. The zero-order valence-corrected chi connectivity index (χ0v) is 11.4. The molecule has 0 aliphatic rings. The second-order valence-corrected chi connectivity index (χ2v) is 4.96. The number of aromatic amines is 1. The highest BCUT2D eigenvalue weighted by molar-refractivity contribution is 6.30. The molecule has 1 unspecified atom stereocenters. The maximum atomic E-state index is 11.3. The van der Waals surface area contributed by atoms with Gasteiger partial charge in [-0.3, -0.25) is 0 Å². The van der Waals surface area contributed by atoms with Crippen LogP contribution in [0.5, 0.6) is 0 Å². The van der Waals surface area contributed by atoms with Crippen LogP contribution in [0.4, 0.5) is 0 Å². The number of imidazole rings is 1. The van der Waals surface area contributed by atoms with Crippen LogP contribution < -0.4 is 0 Å². The van der Waals surface area contributed by atoms with Crippen LogP contribution in [-0.4, -0.2) is 15.1 Å². The van der Waals surface area contributed by atoms with E-state index < -0.39 is 5.60 Å². The molecule has 0 bridgehead atoms. The summed E-state index contributed by atoms with van der Waals surface area (Å²) in [5, 5.41) is 11.9. The largest absolute Gasteiger partial charge is 0.373 e. The smallest absolute Gasteiger partial charge is 0.172 e. The van der Waals surface area contributed by atoms with E-state index in [2.05, 4.69) is 9.97 Å². The summed E-state index contributed by atoms with van der Waals surface area (Å²) >= 11 is 5.93. The molecule has 20 heavy (non-hydrogen) atoms. The average molecular weight is 285 g/mol. The topological polar surface area (TPSA) is 48.9 Å². The minimum atomic E-state index is -1.32. The maximum absolute atomic E-state index is 11.3. The molecule has 1 atom stereocenters. The third-order valence-electron chi connectivity index (χ3n) is 3.29. The average Bonchev–Trinajstić information content (AvgIpc) is 3.03. The van der Waals surface area contributed by atoms with Crippen LogP contribution in [0.1, 0.15) is 17.0 Å². The van der Waals surface area contributed by atoms with Gasteiger partial charge in [0.1, 0.15) is 5.82 Å². The standard InChI is InChI=1S/C16H13ClN2O/c17-14-8-6-13(7-9-14)16(20,15-18-10-11-19-15)12-4-2-1-3-5-12/h1-11,20H,(H,18,19). The molecule has 0 saturated heterocycles. The number of halogens is 1. The Morgan fingerprint density at radius 3 is 2.20 bits per heavy atom. The highest BCUT2D eigenvalue weighted by Gasteiger charge is 2.36. The number of nitrogens with one attached hydrogen (secondary N) is 1. The predicted molar refractivity (Wildman–Crippen MR) is 78.6 cm³/mol. The molecule has 3 aromatic rings. The Bertz CT molecular complexity index is 680.